The molecule has 0 aliphatic carbocycles. The molecule has 8 heteroatoms. The SMILES string of the molecule is N#C/C(=C\c1cn(Cc2ccccc2)c2ccccc12)C(=O)Nc1ncc(Cc2cc(Cl)ccc2Cl)s1. The Morgan fingerprint density at radius 3 is 2.68 bits per heavy atom. The van der Waals surface area contributed by atoms with Crippen LogP contribution in [0.3, 0.4) is 0 Å². The minimum absolute atomic E-state index is 0.00255. The van der Waals surface area contributed by atoms with Crippen LogP contribution >= 0.6 is 34.5 Å². The molecule has 0 spiro atoms. The number of aromatic nitrogens is 2. The van der Waals surface area contributed by atoms with Gasteiger partial charge in [-0.1, -0.05) is 71.7 Å². The topological polar surface area (TPSA) is 70.7 Å². The molecule has 1 N–H and O–H groups in total. The smallest absolute Gasteiger partial charge is 0.268 e. The number of carbonyl (C=O) groups excluding carboxylic acids is 1. The van der Waals surface area contributed by atoms with Gasteiger partial charge in [-0.25, -0.2) is 4.98 Å². The Bertz CT molecular complexity index is 1660. The quantitative estimate of drug-likeness (QED) is 0.170. The molecule has 37 heavy (non-hydrogen) atoms. The minimum Gasteiger partial charge on any atom is -0.342 e. The van der Waals surface area contributed by atoms with Crippen molar-refractivity contribution in [2.75, 3.05) is 5.32 Å². The van der Waals surface area contributed by atoms with E-state index in [1.165, 1.54) is 11.3 Å². The molecule has 2 aromatic heterocycles. The van der Waals surface area contributed by atoms with Crippen molar-refractivity contribution in [3.8, 4) is 6.07 Å². The third kappa shape index (κ3) is 5.76. The lowest BCUT2D eigenvalue weighted by Crippen LogP contribution is -2.13. The summed E-state index contributed by atoms with van der Waals surface area (Å²) in [6, 6.07) is 25.4. The van der Waals surface area contributed by atoms with Gasteiger partial charge in [0.15, 0.2) is 5.13 Å². The van der Waals surface area contributed by atoms with E-state index in [1.54, 1.807) is 24.4 Å². The van der Waals surface area contributed by atoms with Gasteiger partial charge in [0.1, 0.15) is 11.6 Å². The summed E-state index contributed by atoms with van der Waals surface area (Å²) in [6.45, 7) is 0.682. The van der Waals surface area contributed by atoms with Gasteiger partial charge in [-0.3, -0.25) is 10.1 Å². The molecule has 0 aliphatic rings. The van der Waals surface area contributed by atoms with Gasteiger partial charge in [0.05, 0.1) is 0 Å². The van der Waals surface area contributed by atoms with E-state index in [9.17, 15) is 10.1 Å². The number of para-hydroxylation sites is 1. The summed E-state index contributed by atoms with van der Waals surface area (Å²) < 4.78 is 2.12. The number of halogens is 2. The van der Waals surface area contributed by atoms with Gasteiger partial charge in [-0.2, -0.15) is 5.26 Å². The monoisotopic (exact) mass is 542 g/mol. The molecule has 1 amide bonds. The van der Waals surface area contributed by atoms with Crippen LogP contribution in [0.4, 0.5) is 5.13 Å². The lowest BCUT2D eigenvalue weighted by Gasteiger charge is -2.05. The van der Waals surface area contributed by atoms with Crippen LogP contribution in [-0.2, 0) is 17.8 Å². The zero-order valence-corrected chi connectivity index (χ0v) is 21.8. The lowest BCUT2D eigenvalue weighted by molar-refractivity contribution is -0.112. The van der Waals surface area contributed by atoms with Gasteiger partial charge in [0, 0.05) is 56.7 Å². The van der Waals surface area contributed by atoms with E-state index >= 15 is 0 Å². The number of anilines is 1. The number of amides is 1. The van der Waals surface area contributed by atoms with Gasteiger partial charge in [-0.05, 0) is 41.5 Å². The standard InChI is InChI=1S/C29H20Cl2N4OS/c30-23-10-11-26(31)20(13-23)14-24-16-33-29(37-24)34-28(36)21(15-32)12-22-18-35(17-19-6-2-1-3-7-19)27-9-5-4-8-25(22)27/h1-13,16,18H,14,17H2,(H,33,34,36)/b21-12+. The molecule has 0 fully saturated rings. The molecule has 0 saturated heterocycles. The van der Waals surface area contributed by atoms with Crippen molar-refractivity contribution >= 4 is 62.6 Å². The number of thiazole rings is 1. The van der Waals surface area contributed by atoms with Crippen LogP contribution in [0.1, 0.15) is 21.6 Å². The first-order chi connectivity index (χ1) is 18.0. The highest BCUT2D eigenvalue weighted by Gasteiger charge is 2.15. The molecule has 5 aromatic rings. The summed E-state index contributed by atoms with van der Waals surface area (Å²) >= 11 is 13.7. The van der Waals surface area contributed by atoms with E-state index in [2.05, 4.69) is 27.0 Å². The number of hydrogen-bond acceptors (Lipinski definition) is 4. The summed E-state index contributed by atoms with van der Waals surface area (Å²) in [6.07, 6.45) is 5.82. The first-order valence-corrected chi connectivity index (χ1v) is 13.0. The van der Waals surface area contributed by atoms with Crippen molar-refractivity contribution in [1.82, 2.24) is 9.55 Å². The van der Waals surface area contributed by atoms with E-state index < -0.39 is 5.91 Å². The molecule has 0 aliphatic heterocycles. The molecule has 0 atom stereocenters. The van der Waals surface area contributed by atoms with E-state index in [0.717, 1.165) is 32.5 Å². The normalized spacial score (nSPS) is 11.4. The number of nitriles is 1. The second kappa shape index (κ2) is 11.0. The number of nitrogens with zero attached hydrogens (tertiary/aromatic N) is 3. The molecule has 5 rings (SSSR count). The maximum absolute atomic E-state index is 13.0. The van der Waals surface area contributed by atoms with Gasteiger partial charge in [0.2, 0.25) is 0 Å². The van der Waals surface area contributed by atoms with Gasteiger partial charge in [0.25, 0.3) is 5.91 Å². The number of nitrogens with one attached hydrogen (secondary N) is 1. The van der Waals surface area contributed by atoms with Crippen LogP contribution in [0.5, 0.6) is 0 Å². The van der Waals surface area contributed by atoms with Crippen LogP contribution in [0.25, 0.3) is 17.0 Å². The van der Waals surface area contributed by atoms with E-state index in [-0.39, 0.29) is 5.57 Å². The highest BCUT2D eigenvalue weighted by atomic mass is 35.5. The van der Waals surface area contributed by atoms with Crippen LogP contribution in [0, 0.1) is 11.3 Å². The highest BCUT2D eigenvalue weighted by molar-refractivity contribution is 7.15. The Hall–Kier alpha value is -3.89. The summed E-state index contributed by atoms with van der Waals surface area (Å²) in [5, 5.41) is 15.1. The summed E-state index contributed by atoms with van der Waals surface area (Å²) in [7, 11) is 0. The number of rotatable bonds is 7. The molecule has 0 radical (unpaired) electrons. The minimum atomic E-state index is -0.510. The van der Waals surface area contributed by atoms with E-state index in [1.807, 2.05) is 60.8 Å². The van der Waals surface area contributed by atoms with Gasteiger partial charge < -0.3 is 4.57 Å². The maximum atomic E-state index is 13.0. The second-order valence-electron chi connectivity index (χ2n) is 8.38. The van der Waals surface area contributed by atoms with Gasteiger partial charge in [-0.15, -0.1) is 11.3 Å². The van der Waals surface area contributed by atoms with Crippen molar-refractivity contribution in [1.29, 1.82) is 5.26 Å². The first kappa shape index (κ1) is 24.8. The Morgan fingerprint density at radius 1 is 1.08 bits per heavy atom. The van der Waals surface area contributed by atoms with Gasteiger partial charge >= 0.3 is 0 Å². The van der Waals surface area contributed by atoms with E-state index in [4.69, 9.17) is 23.2 Å². The van der Waals surface area contributed by atoms with Crippen molar-refractivity contribution in [3.05, 3.63) is 122 Å². The Kier molecular flexibility index (Phi) is 7.38. The molecule has 3 aromatic carbocycles. The maximum Gasteiger partial charge on any atom is 0.268 e. The van der Waals surface area contributed by atoms with Crippen molar-refractivity contribution in [3.63, 3.8) is 0 Å². The molecule has 0 bridgehead atoms. The third-order valence-electron chi connectivity index (χ3n) is 5.83. The number of carbonyl (C=O) groups is 1. The molecule has 0 unspecified atom stereocenters. The van der Waals surface area contributed by atoms with Crippen LogP contribution in [-0.4, -0.2) is 15.5 Å². The van der Waals surface area contributed by atoms with Crippen LogP contribution in [0.15, 0.2) is 90.8 Å². The average Bonchev–Trinajstić information content (AvgIpc) is 3.49. The third-order valence-corrected chi connectivity index (χ3v) is 7.34. The fraction of sp³-hybridized carbons (Fsp3) is 0.0690. The van der Waals surface area contributed by atoms with Crippen molar-refractivity contribution in [2.45, 2.75) is 13.0 Å². The fourth-order valence-corrected chi connectivity index (χ4v) is 5.29. The van der Waals surface area contributed by atoms with Crippen LogP contribution < -0.4 is 5.32 Å². The predicted molar refractivity (Wildman–Crippen MR) is 151 cm³/mol. The summed E-state index contributed by atoms with van der Waals surface area (Å²) in [4.78, 5) is 18.2. The summed E-state index contributed by atoms with van der Waals surface area (Å²) in [5.74, 6) is -0.510. The molecule has 182 valence electrons. The van der Waals surface area contributed by atoms with E-state index in [0.29, 0.717) is 28.1 Å². The fourth-order valence-electron chi connectivity index (χ4n) is 4.08. The Morgan fingerprint density at radius 2 is 1.86 bits per heavy atom. The average molecular weight is 543 g/mol. The molecular weight excluding hydrogens is 523 g/mol. The van der Waals surface area contributed by atoms with Crippen LogP contribution in [0.2, 0.25) is 10.0 Å². The molecule has 5 nitrogen and oxygen atoms in total. The first-order valence-electron chi connectivity index (χ1n) is 11.4. The zero-order valence-electron chi connectivity index (χ0n) is 19.5. The molecular formula is C29H20Cl2N4OS. The molecule has 0 saturated carbocycles. The largest absolute Gasteiger partial charge is 0.342 e. The number of hydrogen-bond donors (Lipinski definition) is 1. The lowest BCUT2D eigenvalue weighted by atomic mass is 10.1. The number of fused-ring (bicyclic) bond motifs is 1. The van der Waals surface area contributed by atoms with Crippen molar-refractivity contribution in [2.24, 2.45) is 0 Å². The molecule has 2 heterocycles. The highest BCUT2D eigenvalue weighted by Crippen LogP contribution is 2.28. The predicted octanol–water partition coefficient (Wildman–Crippen LogP) is 7.59. The summed E-state index contributed by atoms with van der Waals surface area (Å²) in [5.41, 5.74) is 3.86. The Balaban J connectivity index is 1.36. The number of benzene rings is 3. The second-order valence-corrected chi connectivity index (χ2v) is 10.3. The Labute approximate surface area is 228 Å². The zero-order chi connectivity index (χ0) is 25.8. The van der Waals surface area contributed by atoms with Crippen molar-refractivity contribution < 1.29 is 4.79 Å².